The lowest BCUT2D eigenvalue weighted by Gasteiger charge is -2.31. The number of aromatic nitrogens is 2. The summed E-state index contributed by atoms with van der Waals surface area (Å²) in [6.07, 6.45) is 7.14. The number of fused-ring (bicyclic) bond motifs is 3. The molecular weight excluding hydrogens is 649 g/mol. The van der Waals surface area contributed by atoms with Crippen LogP contribution in [-0.2, 0) is 11.3 Å². The number of nitrogen functional groups attached to an aromatic ring is 1. The van der Waals surface area contributed by atoms with Crippen LogP contribution in [0.4, 0.5) is 15.9 Å². The first kappa shape index (κ1) is 33.2. The Balaban J connectivity index is 1.35. The van der Waals surface area contributed by atoms with Gasteiger partial charge in [0.15, 0.2) is 5.75 Å². The summed E-state index contributed by atoms with van der Waals surface area (Å²) in [5.74, 6) is 6.52. The van der Waals surface area contributed by atoms with Crippen LogP contribution in [0.2, 0.25) is 0 Å². The van der Waals surface area contributed by atoms with E-state index in [4.69, 9.17) is 46.9 Å². The number of hydrogen-bond acceptors (Lipinski definition) is 12. The molecule has 8 rings (SSSR count). The fourth-order valence-electron chi connectivity index (χ4n) is 7.76. The summed E-state index contributed by atoms with van der Waals surface area (Å²) in [5.41, 5.74) is 21.1. The first-order valence-electron chi connectivity index (χ1n) is 17.7. The number of nitrogens with zero attached hydrogens (tertiary/aromatic N) is 3. The number of nitrogens with one attached hydrogen (secondary N) is 3. The van der Waals surface area contributed by atoms with Crippen LogP contribution in [0, 0.1) is 18.2 Å². The van der Waals surface area contributed by atoms with Crippen LogP contribution in [0.3, 0.4) is 0 Å². The molecule has 4 aromatic rings. The predicted molar refractivity (Wildman–Crippen MR) is 196 cm³/mol. The second kappa shape index (κ2) is 13.6. The molecule has 9 N–H and O–H groups in total. The van der Waals surface area contributed by atoms with Gasteiger partial charge in [-0.2, -0.15) is 9.97 Å². The summed E-state index contributed by atoms with van der Waals surface area (Å²) in [6, 6.07) is 12.1. The minimum atomic E-state index is -0.443. The van der Waals surface area contributed by atoms with Gasteiger partial charge in [-0.25, -0.2) is 4.39 Å². The predicted octanol–water partition coefficient (Wildman–Crippen LogP) is 4.61. The van der Waals surface area contributed by atoms with Gasteiger partial charge in [0, 0.05) is 78.2 Å². The van der Waals surface area contributed by atoms with Crippen LogP contribution in [-0.4, -0.2) is 60.7 Å². The molecule has 12 nitrogen and oxygen atoms in total. The molecule has 3 saturated heterocycles. The van der Waals surface area contributed by atoms with Crippen molar-refractivity contribution in [2.45, 2.75) is 69.7 Å². The van der Waals surface area contributed by atoms with E-state index in [0.717, 1.165) is 73.1 Å². The van der Waals surface area contributed by atoms with Crippen molar-refractivity contribution in [2.24, 2.45) is 11.6 Å². The molecule has 0 unspecified atom stereocenters. The van der Waals surface area contributed by atoms with Gasteiger partial charge in [-0.15, -0.1) is 0 Å². The molecule has 0 amide bonds. The molecule has 13 heteroatoms. The molecule has 3 aromatic carbocycles. The number of nitrogens with two attached hydrogens (primary N) is 3. The van der Waals surface area contributed by atoms with Crippen molar-refractivity contribution in [1.82, 2.24) is 20.7 Å². The molecule has 4 heterocycles. The van der Waals surface area contributed by atoms with E-state index in [9.17, 15) is 0 Å². The van der Waals surface area contributed by atoms with Crippen LogP contribution < -0.4 is 42.4 Å². The lowest BCUT2D eigenvalue weighted by Crippen LogP contribution is -2.44. The summed E-state index contributed by atoms with van der Waals surface area (Å²) in [7, 11) is 0. The second-order valence-corrected chi connectivity index (χ2v) is 14.0. The highest BCUT2D eigenvalue weighted by atomic mass is 19.1. The van der Waals surface area contributed by atoms with Gasteiger partial charge in [-0.05, 0) is 66.5 Å². The zero-order valence-corrected chi connectivity index (χ0v) is 28.7. The number of halogens is 1. The molecule has 4 fully saturated rings. The Kier molecular flexibility index (Phi) is 8.86. The smallest absolute Gasteiger partial charge is 0.319 e. The van der Waals surface area contributed by atoms with Gasteiger partial charge in [0.25, 0.3) is 0 Å². The largest absolute Gasteiger partial charge is 0.486 e. The Morgan fingerprint density at radius 1 is 1.14 bits per heavy atom. The third-order valence-electron chi connectivity index (χ3n) is 10.6. The van der Waals surface area contributed by atoms with E-state index in [0.29, 0.717) is 64.5 Å². The van der Waals surface area contributed by atoms with Crippen LogP contribution >= 0.6 is 0 Å². The summed E-state index contributed by atoms with van der Waals surface area (Å²) >= 11 is 0. The average Bonchev–Trinajstić information content (AvgIpc) is 3.76. The van der Waals surface area contributed by atoms with Crippen molar-refractivity contribution in [3.63, 3.8) is 0 Å². The maximum absolute atomic E-state index is 15.6. The average molecular weight is 694 g/mol. The third-order valence-corrected chi connectivity index (χ3v) is 10.6. The van der Waals surface area contributed by atoms with Crippen molar-refractivity contribution in [3.05, 3.63) is 76.2 Å². The van der Waals surface area contributed by atoms with Crippen LogP contribution in [0.1, 0.15) is 65.8 Å². The van der Waals surface area contributed by atoms with Gasteiger partial charge in [0.2, 0.25) is 0 Å². The lowest BCUT2D eigenvalue weighted by molar-refractivity contribution is 0.0219. The fourth-order valence-corrected chi connectivity index (χ4v) is 7.76. The first-order valence-corrected chi connectivity index (χ1v) is 17.7. The first-order chi connectivity index (χ1) is 24.8. The number of hydrazine groups is 1. The van der Waals surface area contributed by atoms with Gasteiger partial charge in [0.05, 0.1) is 18.9 Å². The van der Waals surface area contributed by atoms with E-state index >= 15 is 4.39 Å². The fraction of sp³-hybridized carbons (Fsp3) is 0.395. The molecule has 3 aliphatic heterocycles. The molecule has 1 saturated carbocycles. The normalized spacial score (nSPS) is 20.6. The Labute approximate surface area is 296 Å². The summed E-state index contributed by atoms with van der Waals surface area (Å²) < 4.78 is 34.6. The molecular formula is C38H44FN9O3. The van der Waals surface area contributed by atoms with Gasteiger partial charge < -0.3 is 46.7 Å². The highest BCUT2D eigenvalue weighted by Crippen LogP contribution is 2.53. The van der Waals surface area contributed by atoms with Crippen molar-refractivity contribution in [1.29, 1.82) is 5.41 Å². The number of piperazine rings is 1. The Hall–Kier alpha value is -4.98. The summed E-state index contributed by atoms with van der Waals surface area (Å²) in [6.45, 7) is 4.85. The Bertz CT molecular complexity index is 2010. The summed E-state index contributed by atoms with van der Waals surface area (Å²) in [4.78, 5) is 12.6. The van der Waals surface area contributed by atoms with Crippen LogP contribution in [0.5, 0.6) is 11.8 Å². The van der Waals surface area contributed by atoms with E-state index in [1.165, 1.54) is 18.5 Å². The molecule has 266 valence electrons. The zero-order chi connectivity index (χ0) is 35.2. The van der Waals surface area contributed by atoms with Crippen molar-refractivity contribution >= 4 is 34.3 Å². The highest BCUT2D eigenvalue weighted by molar-refractivity contribution is 6.05. The number of anilines is 2. The minimum Gasteiger partial charge on any atom is -0.486 e. The summed E-state index contributed by atoms with van der Waals surface area (Å²) in [5, 5.41) is 12.9. The molecule has 4 aliphatic rings. The van der Waals surface area contributed by atoms with E-state index in [1.807, 2.05) is 24.3 Å². The number of hydrogen-bond donors (Lipinski definition) is 6. The van der Waals surface area contributed by atoms with E-state index in [2.05, 4.69) is 21.7 Å². The molecule has 0 radical (unpaired) electrons. The number of benzene rings is 3. The maximum atomic E-state index is 15.6. The maximum Gasteiger partial charge on any atom is 0.319 e. The molecule has 0 spiro atoms. The van der Waals surface area contributed by atoms with E-state index in [-0.39, 0.29) is 30.3 Å². The monoisotopic (exact) mass is 693 g/mol. The lowest BCUT2D eigenvalue weighted by atomic mass is 9.87. The van der Waals surface area contributed by atoms with Gasteiger partial charge >= 0.3 is 6.01 Å². The topological polar surface area (TPSA) is 183 Å². The molecule has 51 heavy (non-hydrogen) atoms. The minimum absolute atomic E-state index is 0.0837. The zero-order valence-electron chi connectivity index (χ0n) is 28.7. The Morgan fingerprint density at radius 3 is 2.59 bits per heavy atom. The van der Waals surface area contributed by atoms with Gasteiger partial charge in [-0.3, -0.25) is 5.84 Å². The SMILES string of the molecule is Cc1c(F)cc(N)c(C=N)c1-c1c(C2CC2)cc2c(N3C[C@@H]4C[C@H]3CN4)nc(OC3CCOCC3)nc2c1OCc1ccc(/C(N)=C/NN)cc1. The number of rotatable bonds is 11. The van der Waals surface area contributed by atoms with Gasteiger partial charge in [-0.1, -0.05) is 24.3 Å². The third kappa shape index (κ3) is 6.30. The molecule has 1 aliphatic carbocycles. The van der Waals surface area contributed by atoms with E-state index in [1.54, 1.807) is 6.92 Å². The van der Waals surface area contributed by atoms with Crippen molar-refractivity contribution in [3.8, 4) is 22.9 Å². The quantitative estimate of drug-likeness (QED) is 0.0559. The van der Waals surface area contributed by atoms with Crippen molar-refractivity contribution in [2.75, 3.05) is 36.9 Å². The van der Waals surface area contributed by atoms with E-state index < -0.39 is 5.82 Å². The van der Waals surface area contributed by atoms with Crippen LogP contribution in [0.15, 0.2) is 42.6 Å². The Morgan fingerprint density at radius 2 is 1.92 bits per heavy atom. The van der Waals surface area contributed by atoms with Crippen LogP contribution in [0.25, 0.3) is 27.7 Å². The molecule has 2 bridgehead atoms. The second-order valence-electron chi connectivity index (χ2n) is 14.0. The highest BCUT2D eigenvalue weighted by Gasteiger charge is 2.40. The standard InChI is InChI=1S/C38H44FN9O3/c1-20-30(39)14-31(41)29(15-40)33(20)34-27(22-6-7-22)13-28-35(36(34)50-19-21-2-4-23(5-3-21)32(42)17-45-43)46-38(51-26-8-10-49-11-9-26)47-37(28)48-18-24-12-25(48)16-44-24/h2-5,13-15,17,22,24-26,40,44-45H,6-12,16,18-19,41-43H2,1H3/b32-17-,40-15?/t24-,25-/m0/s1. The van der Waals surface area contributed by atoms with Gasteiger partial charge in [0.1, 0.15) is 29.9 Å². The molecule has 2 atom stereocenters. The molecule has 1 aromatic heterocycles. The van der Waals surface area contributed by atoms with Crippen molar-refractivity contribution < 1.29 is 18.6 Å². The number of ether oxygens (including phenoxy) is 3.